The molecule has 84 valence electrons. The number of rotatable bonds is 2. The number of fused-ring (bicyclic) bond motifs is 1. The standard InChI is InChI=1S/C11H12N2O3/c14-10(12-16)7-13-9-4-2-1-3-8(9)5-6-11(13)15/h1-4,16H,5-7H2,(H,12,14). The van der Waals surface area contributed by atoms with E-state index in [4.69, 9.17) is 5.21 Å². The summed E-state index contributed by atoms with van der Waals surface area (Å²) in [7, 11) is 0. The summed E-state index contributed by atoms with van der Waals surface area (Å²) in [5, 5.41) is 8.46. The van der Waals surface area contributed by atoms with Crippen molar-refractivity contribution in [1.82, 2.24) is 5.48 Å². The largest absolute Gasteiger partial charge is 0.303 e. The lowest BCUT2D eigenvalue weighted by Gasteiger charge is -2.28. The number of carbonyl (C=O) groups excluding carboxylic acids is 2. The van der Waals surface area contributed by atoms with Gasteiger partial charge in [-0.3, -0.25) is 14.8 Å². The number of para-hydroxylation sites is 1. The number of aryl methyl sites for hydroxylation is 1. The Balaban J connectivity index is 2.29. The van der Waals surface area contributed by atoms with Crippen LogP contribution in [-0.2, 0) is 16.0 Å². The highest BCUT2D eigenvalue weighted by molar-refractivity contribution is 6.00. The first-order chi connectivity index (χ1) is 7.72. The molecule has 2 amide bonds. The molecule has 5 heteroatoms. The van der Waals surface area contributed by atoms with Crippen LogP contribution in [0.2, 0.25) is 0 Å². The molecule has 1 aliphatic rings. The second-order valence-corrected chi connectivity index (χ2v) is 3.64. The number of hydrogen-bond donors (Lipinski definition) is 2. The molecule has 0 atom stereocenters. The summed E-state index contributed by atoms with van der Waals surface area (Å²) < 4.78 is 0. The molecule has 0 saturated carbocycles. The monoisotopic (exact) mass is 220 g/mol. The summed E-state index contributed by atoms with van der Waals surface area (Å²) in [6.45, 7) is -0.146. The lowest BCUT2D eigenvalue weighted by atomic mass is 10.0. The predicted molar refractivity (Wildman–Crippen MR) is 57.0 cm³/mol. The second-order valence-electron chi connectivity index (χ2n) is 3.64. The molecule has 0 unspecified atom stereocenters. The van der Waals surface area contributed by atoms with Gasteiger partial charge in [0.2, 0.25) is 5.91 Å². The molecule has 0 aromatic heterocycles. The van der Waals surface area contributed by atoms with Gasteiger partial charge < -0.3 is 4.90 Å². The van der Waals surface area contributed by atoms with Gasteiger partial charge in [-0.05, 0) is 18.1 Å². The number of anilines is 1. The van der Waals surface area contributed by atoms with E-state index < -0.39 is 5.91 Å². The van der Waals surface area contributed by atoms with Crippen molar-refractivity contribution in [1.29, 1.82) is 0 Å². The minimum Gasteiger partial charge on any atom is -0.303 e. The van der Waals surface area contributed by atoms with E-state index in [9.17, 15) is 9.59 Å². The van der Waals surface area contributed by atoms with E-state index in [0.29, 0.717) is 12.8 Å². The molecule has 1 aliphatic heterocycles. The zero-order valence-electron chi connectivity index (χ0n) is 8.64. The molecule has 2 N–H and O–H groups in total. The van der Waals surface area contributed by atoms with Gasteiger partial charge in [-0.1, -0.05) is 18.2 Å². The summed E-state index contributed by atoms with van der Waals surface area (Å²) in [6.07, 6.45) is 1.10. The fraction of sp³-hybridized carbons (Fsp3) is 0.273. The van der Waals surface area contributed by atoms with Crippen LogP contribution in [0.1, 0.15) is 12.0 Å². The van der Waals surface area contributed by atoms with E-state index in [1.54, 1.807) is 6.07 Å². The third-order valence-corrected chi connectivity index (χ3v) is 2.62. The van der Waals surface area contributed by atoms with E-state index in [2.05, 4.69) is 0 Å². The third kappa shape index (κ3) is 1.90. The molecule has 5 nitrogen and oxygen atoms in total. The van der Waals surface area contributed by atoms with Crippen LogP contribution >= 0.6 is 0 Å². The van der Waals surface area contributed by atoms with Crippen molar-refractivity contribution in [3.05, 3.63) is 29.8 Å². The van der Waals surface area contributed by atoms with E-state index in [-0.39, 0.29) is 12.5 Å². The third-order valence-electron chi connectivity index (χ3n) is 2.62. The molecule has 1 heterocycles. The number of hydrogen-bond acceptors (Lipinski definition) is 3. The Hall–Kier alpha value is -1.88. The first-order valence-electron chi connectivity index (χ1n) is 5.03. The Morgan fingerprint density at radius 3 is 2.88 bits per heavy atom. The number of benzene rings is 1. The summed E-state index contributed by atoms with van der Waals surface area (Å²) in [4.78, 5) is 24.1. The number of nitrogens with one attached hydrogen (secondary N) is 1. The van der Waals surface area contributed by atoms with Gasteiger partial charge in [0.1, 0.15) is 6.54 Å². The zero-order chi connectivity index (χ0) is 11.5. The van der Waals surface area contributed by atoms with Crippen molar-refractivity contribution in [2.75, 3.05) is 11.4 Å². The van der Waals surface area contributed by atoms with E-state index in [1.165, 1.54) is 10.4 Å². The molecule has 0 spiro atoms. The average molecular weight is 220 g/mol. The van der Waals surface area contributed by atoms with Crippen molar-refractivity contribution in [2.24, 2.45) is 0 Å². The Bertz CT molecular complexity index is 431. The van der Waals surface area contributed by atoms with E-state index in [0.717, 1.165) is 11.3 Å². The molecular formula is C11H12N2O3. The molecule has 0 bridgehead atoms. The number of nitrogens with zero attached hydrogens (tertiary/aromatic N) is 1. The fourth-order valence-electron chi connectivity index (χ4n) is 1.85. The number of hydroxylamine groups is 1. The highest BCUT2D eigenvalue weighted by Crippen LogP contribution is 2.26. The van der Waals surface area contributed by atoms with Crippen molar-refractivity contribution >= 4 is 17.5 Å². The summed E-state index contributed by atoms with van der Waals surface area (Å²) in [5.74, 6) is -0.688. The van der Waals surface area contributed by atoms with E-state index >= 15 is 0 Å². The molecule has 0 fully saturated rings. The second kappa shape index (κ2) is 4.32. The van der Waals surface area contributed by atoms with Gasteiger partial charge in [0, 0.05) is 12.1 Å². The maximum absolute atomic E-state index is 11.7. The first kappa shape index (κ1) is 10.6. The molecule has 1 aromatic rings. The molecular weight excluding hydrogens is 208 g/mol. The van der Waals surface area contributed by atoms with E-state index in [1.807, 2.05) is 18.2 Å². The minimum atomic E-state index is -0.593. The van der Waals surface area contributed by atoms with Crippen molar-refractivity contribution in [3.8, 4) is 0 Å². The lowest BCUT2D eigenvalue weighted by molar-refractivity contribution is -0.129. The highest BCUT2D eigenvalue weighted by Gasteiger charge is 2.25. The van der Waals surface area contributed by atoms with Gasteiger partial charge in [0.25, 0.3) is 5.91 Å². The molecule has 16 heavy (non-hydrogen) atoms. The SMILES string of the molecule is O=C(CN1C(=O)CCc2ccccc21)NO. The molecule has 0 aliphatic carbocycles. The molecule has 1 aromatic carbocycles. The van der Waals surface area contributed by atoms with Crippen LogP contribution in [0.15, 0.2) is 24.3 Å². The maximum Gasteiger partial charge on any atom is 0.263 e. The Morgan fingerprint density at radius 2 is 2.12 bits per heavy atom. The van der Waals surface area contributed by atoms with Crippen LogP contribution < -0.4 is 10.4 Å². The zero-order valence-corrected chi connectivity index (χ0v) is 8.64. The fourth-order valence-corrected chi connectivity index (χ4v) is 1.85. The molecule has 0 radical (unpaired) electrons. The number of amides is 2. The van der Waals surface area contributed by atoms with Crippen LogP contribution in [0.4, 0.5) is 5.69 Å². The van der Waals surface area contributed by atoms with Gasteiger partial charge in [0.15, 0.2) is 0 Å². The molecule has 2 rings (SSSR count). The quantitative estimate of drug-likeness (QED) is 0.562. The predicted octanol–water partition coefficient (Wildman–Crippen LogP) is 0.471. The van der Waals surface area contributed by atoms with Crippen LogP contribution in [-0.4, -0.2) is 23.6 Å². The number of carbonyl (C=O) groups is 2. The summed E-state index contributed by atoms with van der Waals surface area (Å²) in [6, 6.07) is 7.46. The smallest absolute Gasteiger partial charge is 0.263 e. The van der Waals surface area contributed by atoms with Crippen LogP contribution in [0.25, 0.3) is 0 Å². The van der Waals surface area contributed by atoms with Crippen LogP contribution in [0.3, 0.4) is 0 Å². The topological polar surface area (TPSA) is 69.6 Å². The minimum absolute atomic E-state index is 0.0951. The van der Waals surface area contributed by atoms with Gasteiger partial charge >= 0.3 is 0 Å². The first-order valence-corrected chi connectivity index (χ1v) is 5.03. The van der Waals surface area contributed by atoms with Gasteiger partial charge in [-0.2, -0.15) is 0 Å². The van der Waals surface area contributed by atoms with Crippen molar-refractivity contribution in [3.63, 3.8) is 0 Å². The normalized spacial score (nSPS) is 14.6. The van der Waals surface area contributed by atoms with Gasteiger partial charge in [-0.25, -0.2) is 5.48 Å². The van der Waals surface area contributed by atoms with Crippen LogP contribution in [0, 0.1) is 0 Å². The van der Waals surface area contributed by atoms with Gasteiger partial charge in [-0.15, -0.1) is 0 Å². The lowest BCUT2D eigenvalue weighted by Crippen LogP contribution is -2.42. The van der Waals surface area contributed by atoms with Crippen molar-refractivity contribution < 1.29 is 14.8 Å². The van der Waals surface area contributed by atoms with Gasteiger partial charge in [0.05, 0.1) is 0 Å². The maximum atomic E-state index is 11.7. The molecule has 0 saturated heterocycles. The summed E-state index contributed by atoms with van der Waals surface area (Å²) in [5.41, 5.74) is 3.33. The van der Waals surface area contributed by atoms with Crippen LogP contribution in [0.5, 0.6) is 0 Å². The average Bonchev–Trinajstić information content (AvgIpc) is 2.32. The Kier molecular flexibility index (Phi) is 2.87. The highest BCUT2D eigenvalue weighted by atomic mass is 16.5. The Morgan fingerprint density at radius 1 is 1.38 bits per heavy atom. The Labute approximate surface area is 92.6 Å². The summed E-state index contributed by atoms with van der Waals surface area (Å²) >= 11 is 0. The van der Waals surface area contributed by atoms with Crippen molar-refractivity contribution in [2.45, 2.75) is 12.8 Å².